The molecule has 0 bridgehead atoms. The molecule has 0 atom stereocenters. The molecule has 33 heavy (non-hydrogen) atoms. The highest BCUT2D eigenvalue weighted by atomic mass is 15.1. The lowest BCUT2D eigenvalue weighted by atomic mass is 9.97. The topological polar surface area (TPSA) is 6.48 Å². The number of benzene rings is 4. The fourth-order valence-electron chi connectivity index (χ4n) is 5.05. The first-order valence-electron chi connectivity index (χ1n) is 11.8. The highest BCUT2D eigenvalue weighted by Crippen LogP contribution is 2.40. The van der Waals surface area contributed by atoms with Crippen LogP contribution in [-0.2, 0) is 26.1 Å². The van der Waals surface area contributed by atoms with E-state index in [1.165, 1.54) is 50.1 Å². The van der Waals surface area contributed by atoms with Crippen molar-refractivity contribution < 1.29 is 0 Å². The van der Waals surface area contributed by atoms with Crippen LogP contribution >= 0.6 is 0 Å². The van der Waals surface area contributed by atoms with E-state index < -0.39 is 0 Å². The quantitative estimate of drug-likeness (QED) is 0.285. The Kier molecular flexibility index (Phi) is 6.13. The van der Waals surface area contributed by atoms with Crippen LogP contribution in [0.15, 0.2) is 91.0 Å². The SMILES string of the molecule is CN(C)Cc1cccc2c1-c1cc(CN(C)Cc3ccc(-c4ccccc4)cc3)ccc1C2. The molecule has 0 unspecified atom stereocenters. The summed E-state index contributed by atoms with van der Waals surface area (Å²) in [6, 6.07) is 33.4. The Hall–Kier alpha value is -3.20. The molecule has 0 heterocycles. The van der Waals surface area contributed by atoms with Crippen LogP contribution in [0.2, 0.25) is 0 Å². The summed E-state index contributed by atoms with van der Waals surface area (Å²) in [5.74, 6) is 0. The molecule has 0 aliphatic heterocycles. The Morgan fingerprint density at radius 3 is 2.06 bits per heavy atom. The maximum Gasteiger partial charge on any atom is 0.0234 e. The third-order valence-electron chi connectivity index (χ3n) is 6.51. The average Bonchev–Trinajstić information content (AvgIpc) is 3.19. The smallest absolute Gasteiger partial charge is 0.0234 e. The van der Waals surface area contributed by atoms with Gasteiger partial charge >= 0.3 is 0 Å². The average molecular weight is 433 g/mol. The minimum Gasteiger partial charge on any atom is -0.305 e. The van der Waals surface area contributed by atoms with Crippen molar-refractivity contribution in [3.8, 4) is 22.3 Å². The zero-order valence-corrected chi connectivity index (χ0v) is 19.9. The van der Waals surface area contributed by atoms with Gasteiger partial charge in [0.05, 0.1) is 0 Å². The van der Waals surface area contributed by atoms with Crippen molar-refractivity contribution in [2.24, 2.45) is 0 Å². The van der Waals surface area contributed by atoms with Gasteiger partial charge in [0, 0.05) is 19.6 Å². The summed E-state index contributed by atoms with van der Waals surface area (Å²) in [4.78, 5) is 4.66. The van der Waals surface area contributed by atoms with Crippen LogP contribution < -0.4 is 0 Å². The Bertz CT molecular complexity index is 1240. The first-order valence-corrected chi connectivity index (χ1v) is 11.8. The van der Waals surface area contributed by atoms with Crippen LogP contribution in [0, 0.1) is 0 Å². The van der Waals surface area contributed by atoms with Crippen molar-refractivity contribution in [3.63, 3.8) is 0 Å². The van der Waals surface area contributed by atoms with Crippen molar-refractivity contribution in [2.75, 3.05) is 21.1 Å². The predicted octanol–water partition coefficient (Wildman–Crippen LogP) is 6.62. The standard InChI is InChI=1S/C31H32N2/c1-32(2)22-29-11-7-10-28-19-27-17-14-24(18-30(27)31(28)29)21-33(3)20-23-12-15-26(16-13-23)25-8-5-4-6-9-25/h4-18H,19-22H2,1-3H3. The molecule has 1 aliphatic carbocycles. The molecular weight excluding hydrogens is 400 g/mol. The molecular formula is C31H32N2. The number of hydrogen-bond donors (Lipinski definition) is 0. The van der Waals surface area contributed by atoms with Crippen LogP contribution in [0.3, 0.4) is 0 Å². The molecule has 0 saturated heterocycles. The number of nitrogens with zero attached hydrogens (tertiary/aromatic N) is 2. The second-order valence-corrected chi connectivity index (χ2v) is 9.59. The molecule has 0 N–H and O–H groups in total. The normalized spacial score (nSPS) is 12.3. The number of rotatable bonds is 7. The lowest BCUT2D eigenvalue weighted by molar-refractivity contribution is 0.319. The third-order valence-corrected chi connectivity index (χ3v) is 6.51. The second-order valence-electron chi connectivity index (χ2n) is 9.59. The van der Waals surface area contributed by atoms with Crippen molar-refractivity contribution in [1.29, 1.82) is 0 Å². The van der Waals surface area contributed by atoms with Crippen LogP contribution in [0.4, 0.5) is 0 Å². The molecule has 2 heteroatoms. The monoisotopic (exact) mass is 432 g/mol. The van der Waals surface area contributed by atoms with Gasteiger partial charge in [-0.3, -0.25) is 4.90 Å². The van der Waals surface area contributed by atoms with Gasteiger partial charge in [-0.05, 0) is 83.7 Å². The van der Waals surface area contributed by atoms with E-state index in [1.54, 1.807) is 0 Å². The molecule has 2 nitrogen and oxygen atoms in total. The van der Waals surface area contributed by atoms with Gasteiger partial charge < -0.3 is 4.90 Å². The first-order chi connectivity index (χ1) is 16.1. The second kappa shape index (κ2) is 9.35. The molecule has 0 fully saturated rings. The minimum atomic E-state index is 0.939. The van der Waals surface area contributed by atoms with Gasteiger partial charge in [0.1, 0.15) is 0 Å². The molecule has 0 radical (unpaired) electrons. The first kappa shape index (κ1) is 21.6. The van der Waals surface area contributed by atoms with E-state index in [2.05, 4.69) is 122 Å². The summed E-state index contributed by atoms with van der Waals surface area (Å²) in [6.07, 6.45) is 1.05. The Morgan fingerprint density at radius 1 is 0.606 bits per heavy atom. The van der Waals surface area contributed by atoms with Crippen molar-refractivity contribution in [2.45, 2.75) is 26.1 Å². The van der Waals surface area contributed by atoms with Gasteiger partial charge in [0.15, 0.2) is 0 Å². The fourth-order valence-corrected chi connectivity index (χ4v) is 5.05. The molecule has 166 valence electrons. The van der Waals surface area contributed by atoms with E-state index in [9.17, 15) is 0 Å². The zero-order chi connectivity index (χ0) is 22.8. The van der Waals surface area contributed by atoms with Gasteiger partial charge in [0.2, 0.25) is 0 Å². The molecule has 5 rings (SSSR count). The summed E-state index contributed by atoms with van der Waals surface area (Å²) in [6.45, 7) is 2.86. The Morgan fingerprint density at radius 2 is 1.30 bits per heavy atom. The van der Waals surface area contributed by atoms with Crippen LogP contribution in [0.25, 0.3) is 22.3 Å². The van der Waals surface area contributed by atoms with Crippen LogP contribution in [0.5, 0.6) is 0 Å². The fraction of sp³-hybridized carbons (Fsp3) is 0.226. The van der Waals surface area contributed by atoms with Crippen LogP contribution in [0.1, 0.15) is 27.8 Å². The van der Waals surface area contributed by atoms with E-state index in [0.29, 0.717) is 0 Å². The van der Waals surface area contributed by atoms with E-state index in [4.69, 9.17) is 0 Å². The molecule has 4 aromatic carbocycles. The van der Waals surface area contributed by atoms with E-state index in [-0.39, 0.29) is 0 Å². The van der Waals surface area contributed by atoms with E-state index in [1.807, 2.05) is 0 Å². The summed E-state index contributed by atoms with van der Waals surface area (Å²) >= 11 is 0. The largest absolute Gasteiger partial charge is 0.305 e. The minimum absolute atomic E-state index is 0.939. The predicted molar refractivity (Wildman–Crippen MR) is 139 cm³/mol. The van der Waals surface area contributed by atoms with Gasteiger partial charge in [-0.2, -0.15) is 0 Å². The van der Waals surface area contributed by atoms with E-state index in [0.717, 1.165) is 26.1 Å². The van der Waals surface area contributed by atoms with E-state index >= 15 is 0 Å². The summed E-state index contributed by atoms with van der Waals surface area (Å²) in [5.41, 5.74) is 12.5. The zero-order valence-electron chi connectivity index (χ0n) is 19.9. The summed E-state index contributed by atoms with van der Waals surface area (Å²) < 4.78 is 0. The van der Waals surface area contributed by atoms with Gasteiger partial charge in [-0.25, -0.2) is 0 Å². The number of fused-ring (bicyclic) bond motifs is 3. The maximum absolute atomic E-state index is 2.43. The Balaban J connectivity index is 1.31. The highest BCUT2D eigenvalue weighted by Gasteiger charge is 2.22. The van der Waals surface area contributed by atoms with Gasteiger partial charge in [0.25, 0.3) is 0 Å². The summed E-state index contributed by atoms with van der Waals surface area (Å²) in [5, 5.41) is 0. The molecule has 0 saturated carbocycles. The molecule has 4 aromatic rings. The van der Waals surface area contributed by atoms with Crippen molar-refractivity contribution in [1.82, 2.24) is 9.80 Å². The third kappa shape index (κ3) is 4.78. The molecule has 0 aromatic heterocycles. The van der Waals surface area contributed by atoms with Crippen molar-refractivity contribution in [3.05, 3.63) is 119 Å². The van der Waals surface area contributed by atoms with Crippen molar-refractivity contribution >= 4 is 0 Å². The Labute approximate surface area is 198 Å². The molecule has 1 aliphatic rings. The van der Waals surface area contributed by atoms with Crippen LogP contribution in [-0.4, -0.2) is 30.9 Å². The number of hydrogen-bond acceptors (Lipinski definition) is 2. The lowest BCUT2D eigenvalue weighted by Gasteiger charge is -2.18. The van der Waals surface area contributed by atoms with Gasteiger partial charge in [-0.1, -0.05) is 84.9 Å². The molecule has 0 amide bonds. The summed E-state index contributed by atoms with van der Waals surface area (Å²) in [7, 11) is 6.50. The maximum atomic E-state index is 2.43. The van der Waals surface area contributed by atoms with Gasteiger partial charge in [-0.15, -0.1) is 0 Å². The lowest BCUT2D eigenvalue weighted by Crippen LogP contribution is -2.17. The molecule has 0 spiro atoms. The highest BCUT2D eigenvalue weighted by molar-refractivity contribution is 5.80.